The van der Waals surface area contributed by atoms with Gasteiger partial charge < -0.3 is 10.6 Å². The number of hydrogen-bond acceptors (Lipinski definition) is 2. The topological polar surface area (TPSA) is 41.1 Å². The highest BCUT2D eigenvalue weighted by atomic mass is 19.1. The molecule has 18 heavy (non-hydrogen) atoms. The Labute approximate surface area is 106 Å². The van der Waals surface area contributed by atoms with Crippen molar-refractivity contribution in [2.24, 2.45) is 5.92 Å². The lowest BCUT2D eigenvalue weighted by molar-refractivity contribution is 0.0951. The maximum Gasteiger partial charge on any atom is 0.251 e. The van der Waals surface area contributed by atoms with Gasteiger partial charge in [0.1, 0.15) is 17.3 Å². The summed E-state index contributed by atoms with van der Waals surface area (Å²) in [7, 11) is 1.42. The highest BCUT2D eigenvalue weighted by molar-refractivity contribution is 5.94. The fourth-order valence-electron chi connectivity index (χ4n) is 1.52. The summed E-state index contributed by atoms with van der Waals surface area (Å²) >= 11 is 0. The molecule has 0 unspecified atom stereocenters. The van der Waals surface area contributed by atoms with E-state index in [0.717, 1.165) is 18.6 Å². The van der Waals surface area contributed by atoms with Crippen LogP contribution in [0.3, 0.4) is 0 Å². The molecule has 0 aromatic heterocycles. The van der Waals surface area contributed by atoms with Crippen molar-refractivity contribution in [2.45, 2.75) is 20.3 Å². The number of hydrogen-bond donors (Lipinski definition) is 2. The second-order valence-electron chi connectivity index (χ2n) is 4.50. The number of benzene rings is 1. The largest absolute Gasteiger partial charge is 0.383 e. The molecule has 0 aliphatic heterocycles. The molecule has 2 N–H and O–H groups in total. The maximum atomic E-state index is 13.4. The van der Waals surface area contributed by atoms with Gasteiger partial charge in [0.05, 0.1) is 0 Å². The van der Waals surface area contributed by atoms with Crippen molar-refractivity contribution >= 4 is 11.6 Å². The monoisotopic (exact) mass is 256 g/mol. The number of nitrogens with one attached hydrogen (secondary N) is 2. The number of halogens is 2. The molecule has 100 valence electrons. The summed E-state index contributed by atoms with van der Waals surface area (Å²) in [5, 5.41) is 5.04. The second kappa shape index (κ2) is 6.33. The van der Waals surface area contributed by atoms with Gasteiger partial charge in [0.25, 0.3) is 5.91 Å². The Morgan fingerprint density at radius 2 is 1.83 bits per heavy atom. The number of anilines is 1. The number of amides is 1. The van der Waals surface area contributed by atoms with Crippen molar-refractivity contribution in [3.63, 3.8) is 0 Å². The summed E-state index contributed by atoms with van der Waals surface area (Å²) < 4.78 is 26.9. The van der Waals surface area contributed by atoms with Crippen LogP contribution in [0.25, 0.3) is 0 Å². The van der Waals surface area contributed by atoms with Crippen LogP contribution in [-0.2, 0) is 0 Å². The average molecular weight is 256 g/mol. The molecule has 0 fully saturated rings. The van der Waals surface area contributed by atoms with Gasteiger partial charge >= 0.3 is 0 Å². The molecule has 1 amide bonds. The molecular formula is C13H18F2N2O. The molecule has 0 radical (unpaired) electrons. The fraction of sp³-hybridized carbons (Fsp3) is 0.462. The first-order chi connectivity index (χ1) is 8.45. The van der Waals surface area contributed by atoms with Gasteiger partial charge in [-0.05, 0) is 24.5 Å². The summed E-state index contributed by atoms with van der Waals surface area (Å²) in [6.07, 6.45) is 0.825. The van der Waals surface area contributed by atoms with Crippen LogP contribution in [0.1, 0.15) is 30.6 Å². The lowest BCUT2D eigenvalue weighted by atomic mass is 10.1. The van der Waals surface area contributed by atoms with Gasteiger partial charge in [-0.25, -0.2) is 8.78 Å². The second-order valence-corrected chi connectivity index (χ2v) is 4.50. The molecule has 0 atom stereocenters. The number of carbonyl (C=O) groups is 1. The van der Waals surface area contributed by atoms with Crippen LogP contribution in [0.4, 0.5) is 14.5 Å². The smallest absolute Gasteiger partial charge is 0.251 e. The standard InChI is InChI=1S/C13H18F2N2O/c1-8(2)4-5-17-13(18)9-6-10(14)12(16-3)11(15)7-9/h6-8,16H,4-5H2,1-3H3,(H,17,18). The number of carbonyl (C=O) groups excluding carboxylic acids is 1. The van der Waals surface area contributed by atoms with E-state index in [9.17, 15) is 13.6 Å². The van der Waals surface area contributed by atoms with Crippen LogP contribution in [-0.4, -0.2) is 19.5 Å². The summed E-state index contributed by atoms with van der Waals surface area (Å²) in [5.74, 6) is -1.54. The van der Waals surface area contributed by atoms with E-state index in [2.05, 4.69) is 10.6 Å². The van der Waals surface area contributed by atoms with Crippen molar-refractivity contribution in [3.05, 3.63) is 29.3 Å². The quantitative estimate of drug-likeness (QED) is 0.850. The third kappa shape index (κ3) is 3.68. The van der Waals surface area contributed by atoms with Crippen molar-refractivity contribution in [1.29, 1.82) is 0 Å². The molecule has 1 aromatic carbocycles. The lowest BCUT2D eigenvalue weighted by Crippen LogP contribution is -2.25. The van der Waals surface area contributed by atoms with E-state index in [0.29, 0.717) is 12.5 Å². The first-order valence-corrected chi connectivity index (χ1v) is 5.90. The minimum absolute atomic E-state index is 0.00671. The Balaban J connectivity index is 2.75. The van der Waals surface area contributed by atoms with E-state index in [4.69, 9.17) is 0 Å². The molecule has 0 aliphatic rings. The zero-order valence-electron chi connectivity index (χ0n) is 10.8. The predicted octanol–water partition coefficient (Wildman–Crippen LogP) is 2.78. The van der Waals surface area contributed by atoms with Crippen molar-refractivity contribution in [3.8, 4) is 0 Å². The Morgan fingerprint density at radius 1 is 1.28 bits per heavy atom. The molecule has 1 rings (SSSR count). The normalized spacial score (nSPS) is 10.6. The summed E-state index contributed by atoms with van der Waals surface area (Å²) in [6.45, 7) is 4.56. The molecule has 0 bridgehead atoms. The highest BCUT2D eigenvalue weighted by Crippen LogP contribution is 2.20. The zero-order chi connectivity index (χ0) is 13.7. The van der Waals surface area contributed by atoms with Crippen LogP contribution < -0.4 is 10.6 Å². The van der Waals surface area contributed by atoms with Gasteiger partial charge in [-0.3, -0.25) is 4.79 Å². The molecule has 5 heteroatoms. The average Bonchev–Trinajstić information content (AvgIpc) is 2.27. The van der Waals surface area contributed by atoms with E-state index < -0.39 is 17.5 Å². The third-order valence-electron chi connectivity index (χ3n) is 2.56. The molecular weight excluding hydrogens is 238 g/mol. The molecule has 0 spiro atoms. The molecule has 0 saturated carbocycles. The van der Waals surface area contributed by atoms with Crippen molar-refractivity contribution in [1.82, 2.24) is 5.32 Å². The van der Waals surface area contributed by atoms with Gasteiger partial charge in [-0.2, -0.15) is 0 Å². The SMILES string of the molecule is CNc1c(F)cc(C(=O)NCCC(C)C)cc1F. The molecule has 0 saturated heterocycles. The van der Waals surface area contributed by atoms with Crippen LogP contribution in [0.15, 0.2) is 12.1 Å². The van der Waals surface area contributed by atoms with Crippen LogP contribution in [0, 0.1) is 17.6 Å². The first kappa shape index (κ1) is 14.4. The minimum atomic E-state index is -0.772. The van der Waals surface area contributed by atoms with E-state index in [1.165, 1.54) is 7.05 Å². The zero-order valence-corrected chi connectivity index (χ0v) is 10.8. The molecule has 0 heterocycles. The van der Waals surface area contributed by atoms with Crippen LogP contribution >= 0.6 is 0 Å². The highest BCUT2D eigenvalue weighted by Gasteiger charge is 2.14. The van der Waals surface area contributed by atoms with Gasteiger partial charge in [-0.15, -0.1) is 0 Å². The Kier molecular flexibility index (Phi) is 5.07. The van der Waals surface area contributed by atoms with E-state index in [1.807, 2.05) is 13.8 Å². The van der Waals surface area contributed by atoms with Crippen LogP contribution in [0.5, 0.6) is 0 Å². The first-order valence-electron chi connectivity index (χ1n) is 5.90. The van der Waals surface area contributed by atoms with Gasteiger partial charge in [0.2, 0.25) is 0 Å². The summed E-state index contributed by atoms with van der Waals surface area (Å²) in [5.41, 5.74) is -0.235. The molecule has 1 aromatic rings. The Bertz CT molecular complexity index is 410. The van der Waals surface area contributed by atoms with Gasteiger partial charge in [-0.1, -0.05) is 13.8 Å². The predicted molar refractivity (Wildman–Crippen MR) is 67.7 cm³/mol. The molecule has 3 nitrogen and oxygen atoms in total. The van der Waals surface area contributed by atoms with Gasteiger partial charge in [0.15, 0.2) is 0 Å². The lowest BCUT2D eigenvalue weighted by Gasteiger charge is -2.09. The third-order valence-corrected chi connectivity index (χ3v) is 2.56. The summed E-state index contributed by atoms with van der Waals surface area (Å²) in [6, 6.07) is 2.05. The maximum absolute atomic E-state index is 13.4. The van der Waals surface area contributed by atoms with Crippen molar-refractivity contribution in [2.75, 3.05) is 18.9 Å². The minimum Gasteiger partial charge on any atom is -0.383 e. The Morgan fingerprint density at radius 3 is 2.28 bits per heavy atom. The van der Waals surface area contributed by atoms with E-state index >= 15 is 0 Å². The van der Waals surface area contributed by atoms with Crippen LogP contribution in [0.2, 0.25) is 0 Å². The van der Waals surface area contributed by atoms with E-state index in [-0.39, 0.29) is 11.3 Å². The molecule has 0 aliphatic carbocycles. The Hall–Kier alpha value is -1.65. The summed E-state index contributed by atoms with van der Waals surface area (Å²) in [4.78, 5) is 11.7. The van der Waals surface area contributed by atoms with E-state index in [1.54, 1.807) is 0 Å². The fourth-order valence-corrected chi connectivity index (χ4v) is 1.52. The number of rotatable bonds is 5. The van der Waals surface area contributed by atoms with Gasteiger partial charge in [0, 0.05) is 19.2 Å². The van der Waals surface area contributed by atoms with Crippen molar-refractivity contribution < 1.29 is 13.6 Å².